The van der Waals surface area contributed by atoms with Crippen LogP contribution < -0.4 is 10.1 Å². The Morgan fingerprint density at radius 1 is 1.44 bits per heavy atom. The van der Waals surface area contributed by atoms with Crippen molar-refractivity contribution < 1.29 is 4.74 Å². The van der Waals surface area contributed by atoms with Crippen molar-refractivity contribution in [1.29, 1.82) is 0 Å². The summed E-state index contributed by atoms with van der Waals surface area (Å²) >= 11 is 3.46. The lowest BCUT2D eigenvalue weighted by molar-refractivity contribution is 0.238. The second-order valence-corrected chi connectivity index (χ2v) is 5.28. The quantitative estimate of drug-likeness (QED) is 0.919. The van der Waals surface area contributed by atoms with Gasteiger partial charge in [-0.15, -0.1) is 0 Å². The van der Waals surface area contributed by atoms with Crippen LogP contribution in [-0.4, -0.2) is 19.2 Å². The van der Waals surface area contributed by atoms with Crippen molar-refractivity contribution in [2.75, 3.05) is 13.2 Å². The smallest absolute Gasteiger partial charge is 0.122 e. The zero-order valence-electron chi connectivity index (χ0n) is 9.63. The molecular weight excluding hydrogens is 266 g/mol. The Morgan fingerprint density at radius 2 is 2.31 bits per heavy atom. The fourth-order valence-corrected chi connectivity index (χ4v) is 2.51. The molecule has 1 aliphatic rings. The maximum Gasteiger partial charge on any atom is 0.122 e. The van der Waals surface area contributed by atoms with Gasteiger partial charge in [0.05, 0.1) is 0 Å². The Hall–Kier alpha value is -0.540. The lowest BCUT2D eigenvalue weighted by Crippen LogP contribution is -2.38. The Morgan fingerprint density at radius 3 is 3.00 bits per heavy atom. The van der Waals surface area contributed by atoms with Gasteiger partial charge >= 0.3 is 0 Å². The largest absolute Gasteiger partial charge is 0.492 e. The number of aryl methyl sites for hydroxylation is 1. The van der Waals surface area contributed by atoms with Crippen LogP contribution in [0.1, 0.15) is 24.8 Å². The van der Waals surface area contributed by atoms with Gasteiger partial charge in [0.15, 0.2) is 0 Å². The van der Waals surface area contributed by atoms with Gasteiger partial charge in [0.1, 0.15) is 12.4 Å². The van der Waals surface area contributed by atoms with Crippen molar-refractivity contribution in [2.24, 2.45) is 0 Å². The Balaban J connectivity index is 1.88. The molecule has 3 heteroatoms. The number of rotatable bonds is 3. The molecule has 0 aliphatic carbocycles. The van der Waals surface area contributed by atoms with E-state index in [1.807, 2.05) is 12.1 Å². The van der Waals surface area contributed by atoms with Gasteiger partial charge in [0.25, 0.3) is 0 Å². The molecule has 1 aliphatic heterocycles. The monoisotopic (exact) mass is 283 g/mol. The van der Waals surface area contributed by atoms with Gasteiger partial charge in [-0.1, -0.05) is 22.4 Å². The molecular formula is C13H18BrNO. The van der Waals surface area contributed by atoms with Crippen LogP contribution in [0.4, 0.5) is 0 Å². The standard InChI is InChI=1S/C13H18BrNO/c1-10-8-11(14)5-6-13(10)16-9-12-4-2-3-7-15-12/h5-6,8,12,15H,2-4,7,9H2,1H3. The molecule has 0 spiro atoms. The number of nitrogens with one attached hydrogen (secondary N) is 1. The van der Waals surface area contributed by atoms with E-state index in [-0.39, 0.29) is 0 Å². The number of hydrogen-bond donors (Lipinski definition) is 1. The average Bonchev–Trinajstić information content (AvgIpc) is 2.29. The average molecular weight is 284 g/mol. The lowest BCUT2D eigenvalue weighted by Gasteiger charge is -2.23. The summed E-state index contributed by atoms with van der Waals surface area (Å²) in [5.74, 6) is 0.996. The molecule has 88 valence electrons. The van der Waals surface area contributed by atoms with Crippen LogP contribution in [0.5, 0.6) is 5.75 Å². The van der Waals surface area contributed by atoms with Crippen molar-refractivity contribution >= 4 is 15.9 Å². The third-order valence-electron chi connectivity index (χ3n) is 2.99. The first kappa shape index (κ1) is 11.9. The third-order valence-corrected chi connectivity index (χ3v) is 3.48. The van der Waals surface area contributed by atoms with Crippen molar-refractivity contribution in [3.05, 3.63) is 28.2 Å². The zero-order valence-corrected chi connectivity index (χ0v) is 11.2. The highest BCUT2D eigenvalue weighted by molar-refractivity contribution is 9.10. The minimum atomic E-state index is 0.525. The highest BCUT2D eigenvalue weighted by Crippen LogP contribution is 2.22. The van der Waals surface area contributed by atoms with Gasteiger partial charge in [-0.25, -0.2) is 0 Å². The van der Waals surface area contributed by atoms with Crippen LogP contribution in [0.25, 0.3) is 0 Å². The third kappa shape index (κ3) is 3.22. The fourth-order valence-electron chi connectivity index (χ4n) is 2.03. The van der Waals surface area contributed by atoms with Gasteiger partial charge < -0.3 is 10.1 Å². The van der Waals surface area contributed by atoms with E-state index in [9.17, 15) is 0 Å². The van der Waals surface area contributed by atoms with E-state index in [0.717, 1.165) is 23.4 Å². The molecule has 2 rings (SSSR count). The number of benzene rings is 1. The minimum Gasteiger partial charge on any atom is -0.492 e. The molecule has 1 heterocycles. The van der Waals surface area contributed by atoms with Crippen molar-refractivity contribution in [2.45, 2.75) is 32.2 Å². The molecule has 0 aromatic heterocycles. The van der Waals surface area contributed by atoms with E-state index in [1.165, 1.54) is 24.8 Å². The summed E-state index contributed by atoms with van der Waals surface area (Å²) in [5.41, 5.74) is 1.19. The van der Waals surface area contributed by atoms with E-state index in [0.29, 0.717) is 6.04 Å². The van der Waals surface area contributed by atoms with Crippen molar-refractivity contribution in [3.8, 4) is 5.75 Å². The number of ether oxygens (including phenoxy) is 1. The summed E-state index contributed by atoms with van der Waals surface area (Å²) in [5, 5.41) is 3.49. The summed E-state index contributed by atoms with van der Waals surface area (Å²) in [6, 6.07) is 6.67. The van der Waals surface area contributed by atoms with E-state index in [4.69, 9.17) is 4.74 Å². The van der Waals surface area contributed by atoms with Gasteiger partial charge in [-0.2, -0.15) is 0 Å². The van der Waals surface area contributed by atoms with Crippen LogP contribution in [-0.2, 0) is 0 Å². The second-order valence-electron chi connectivity index (χ2n) is 4.37. The van der Waals surface area contributed by atoms with E-state index in [2.05, 4.69) is 34.2 Å². The molecule has 0 amide bonds. The van der Waals surface area contributed by atoms with E-state index < -0.39 is 0 Å². The molecule has 1 aromatic rings. The molecule has 0 bridgehead atoms. The van der Waals surface area contributed by atoms with Crippen LogP contribution in [0, 0.1) is 6.92 Å². The molecule has 16 heavy (non-hydrogen) atoms. The molecule has 0 radical (unpaired) electrons. The van der Waals surface area contributed by atoms with Gasteiger partial charge in [-0.05, 0) is 50.1 Å². The topological polar surface area (TPSA) is 21.3 Å². The molecule has 1 saturated heterocycles. The highest BCUT2D eigenvalue weighted by Gasteiger charge is 2.13. The fraction of sp³-hybridized carbons (Fsp3) is 0.538. The predicted molar refractivity (Wildman–Crippen MR) is 70.0 cm³/mol. The number of piperidine rings is 1. The SMILES string of the molecule is Cc1cc(Br)ccc1OCC1CCCCN1. The van der Waals surface area contributed by atoms with E-state index >= 15 is 0 Å². The van der Waals surface area contributed by atoms with Crippen molar-refractivity contribution in [3.63, 3.8) is 0 Å². The molecule has 1 unspecified atom stereocenters. The Bertz CT molecular complexity index is 348. The molecule has 1 N–H and O–H groups in total. The maximum absolute atomic E-state index is 5.85. The molecule has 1 atom stereocenters. The summed E-state index contributed by atoms with van der Waals surface area (Å²) in [4.78, 5) is 0. The predicted octanol–water partition coefficient (Wildman–Crippen LogP) is 3.28. The first-order valence-electron chi connectivity index (χ1n) is 5.88. The lowest BCUT2D eigenvalue weighted by atomic mass is 10.1. The number of hydrogen-bond acceptors (Lipinski definition) is 2. The normalized spacial score (nSPS) is 20.8. The second kappa shape index (κ2) is 5.69. The van der Waals surface area contributed by atoms with Crippen LogP contribution >= 0.6 is 15.9 Å². The molecule has 0 saturated carbocycles. The summed E-state index contributed by atoms with van der Waals surface area (Å²) in [6.45, 7) is 3.99. The minimum absolute atomic E-state index is 0.525. The maximum atomic E-state index is 5.85. The zero-order chi connectivity index (χ0) is 11.4. The van der Waals surface area contributed by atoms with E-state index in [1.54, 1.807) is 0 Å². The van der Waals surface area contributed by atoms with Gasteiger partial charge in [-0.3, -0.25) is 0 Å². The Labute approximate surface area is 106 Å². The molecule has 2 nitrogen and oxygen atoms in total. The Kier molecular flexibility index (Phi) is 4.24. The van der Waals surface area contributed by atoms with Crippen LogP contribution in [0.3, 0.4) is 0 Å². The molecule has 1 fully saturated rings. The van der Waals surface area contributed by atoms with Gasteiger partial charge in [0.2, 0.25) is 0 Å². The van der Waals surface area contributed by atoms with Crippen molar-refractivity contribution in [1.82, 2.24) is 5.32 Å². The first-order chi connectivity index (χ1) is 7.75. The molecule has 1 aromatic carbocycles. The summed E-state index contributed by atoms with van der Waals surface area (Å²) in [7, 11) is 0. The van der Waals surface area contributed by atoms with Crippen LogP contribution in [0.2, 0.25) is 0 Å². The van der Waals surface area contributed by atoms with Gasteiger partial charge in [0, 0.05) is 10.5 Å². The highest BCUT2D eigenvalue weighted by atomic mass is 79.9. The summed E-state index contributed by atoms with van der Waals surface area (Å²) < 4.78 is 6.95. The summed E-state index contributed by atoms with van der Waals surface area (Å²) in [6.07, 6.45) is 3.85. The number of halogens is 1. The van der Waals surface area contributed by atoms with Crippen LogP contribution in [0.15, 0.2) is 22.7 Å². The first-order valence-corrected chi connectivity index (χ1v) is 6.67.